The first kappa shape index (κ1) is 30.8. The molecule has 2 heterocycles. The Hall–Kier alpha value is -3.41. The number of halogens is 1. The van der Waals surface area contributed by atoms with E-state index in [1.54, 1.807) is 0 Å². The first-order valence-corrected chi connectivity index (χ1v) is 13.5. The van der Waals surface area contributed by atoms with Gasteiger partial charge in [0.1, 0.15) is 5.82 Å². The molecule has 2 aromatic carbocycles. The molecule has 204 valence electrons. The minimum absolute atomic E-state index is 0.180. The van der Waals surface area contributed by atoms with Gasteiger partial charge < -0.3 is 14.8 Å². The van der Waals surface area contributed by atoms with E-state index in [0.717, 1.165) is 61.0 Å². The third-order valence-corrected chi connectivity index (χ3v) is 6.34. The highest BCUT2D eigenvalue weighted by molar-refractivity contribution is 5.47. The highest BCUT2D eigenvalue weighted by atomic mass is 19.1. The van der Waals surface area contributed by atoms with Gasteiger partial charge in [-0.1, -0.05) is 75.6 Å². The van der Waals surface area contributed by atoms with Gasteiger partial charge in [0.25, 0.3) is 0 Å². The van der Waals surface area contributed by atoms with Crippen molar-refractivity contribution in [2.45, 2.75) is 33.9 Å². The Morgan fingerprint density at radius 3 is 2.00 bits per heavy atom. The number of rotatable bonds is 7. The van der Waals surface area contributed by atoms with Crippen LogP contribution in [0.5, 0.6) is 0 Å². The lowest BCUT2D eigenvalue weighted by Crippen LogP contribution is -2.45. The molecule has 4 nitrogen and oxygen atoms in total. The van der Waals surface area contributed by atoms with E-state index in [2.05, 4.69) is 88.4 Å². The van der Waals surface area contributed by atoms with Gasteiger partial charge in [0.2, 0.25) is 0 Å². The van der Waals surface area contributed by atoms with Crippen molar-refractivity contribution >= 4 is 18.7 Å². The van der Waals surface area contributed by atoms with E-state index in [-0.39, 0.29) is 5.82 Å². The fourth-order valence-electron chi connectivity index (χ4n) is 4.29. The lowest BCUT2D eigenvalue weighted by atomic mass is 10.1. The molecule has 1 aliphatic rings. The summed E-state index contributed by atoms with van der Waals surface area (Å²) < 4.78 is 15.3. The molecule has 5 heteroatoms. The lowest BCUT2D eigenvalue weighted by Gasteiger charge is -2.36. The number of aromatic nitrogens is 1. The van der Waals surface area contributed by atoms with Gasteiger partial charge in [-0.3, -0.25) is 4.90 Å². The van der Waals surface area contributed by atoms with Gasteiger partial charge in [-0.05, 0) is 62.0 Å². The maximum atomic E-state index is 13.2. The zero-order valence-corrected chi connectivity index (χ0v) is 23.9. The predicted octanol–water partition coefficient (Wildman–Crippen LogP) is 5.09. The minimum atomic E-state index is -0.180. The Morgan fingerprint density at radius 2 is 1.45 bits per heavy atom. The van der Waals surface area contributed by atoms with Gasteiger partial charge >= 0.3 is 0 Å². The molecule has 0 saturated carbocycles. The summed E-state index contributed by atoms with van der Waals surface area (Å²) in [5, 5.41) is 4.93. The van der Waals surface area contributed by atoms with Gasteiger partial charge in [0, 0.05) is 61.7 Å². The number of nitrogens with one attached hydrogen (secondary N) is 1. The molecule has 0 radical (unpaired) electrons. The van der Waals surface area contributed by atoms with Crippen LogP contribution in [0, 0.1) is 5.82 Å². The zero-order valence-electron chi connectivity index (χ0n) is 23.9. The molecular weight excluding hydrogens is 471 g/mol. The molecule has 1 N–H and O–H groups in total. The van der Waals surface area contributed by atoms with Crippen LogP contribution < -0.4 is 15.9 Å². The standard InChI is InChI=1S/C29H32FN3.C2H7N.C2H6/c1-4-24-6-8-26(9-7-24)22-33-15-14-27(23(33)3)20-29(5-2)32-18-16-31(17-19-32)21-25-10-12-28(30)13-11-25;1-3-2;1-2/h4-15,20H,1,3,16-19,21-22H2,2H3;3H,1-2H3;1-2H3/b27-20-,29-5+;;. The summed E-state index contributed by atoms with van der Waals surface area (Å²) in [6, 6.07) is 17.4. The summed E-state index contributed by atoms with van der Waals surface area (Å²) in [6.45, 7) is 19.8. The van der Waals surface area contributed by atoms with Crippen LogP contribution in [-0.4, -0.2) is 54.6 Å². The van der Waals surface area contributed by atoms with Crippen LogP contribution in [0.2, 0.25) is 0 Å². The average molecular weight is 517 g/mol. The minimum Gasteiger partial charge on any atom is -0.369 e. The summed E-state index contributed by atoms with van der Waals surface area (Å²) in [5.74, 6) is -0.180. The zero-order chi connectivity index (χ0) is 27.9. The molecule has 1 fully saturated rings. The molecule has 0 bridgehead atoms. The summed E-state index contributed by atoms with van der Waals surface area (Å²) in [6.07, 6.45) is 8.40. The van der Waals surface area contributed by atoms with Gasteiger partial charge in [0.05, 0.1) is 0 Å². The number of benzene rings is 2. The summed E-state index contributed by atoms with van der Waals surface area (Å²) in [5.41, 5.74) is 4.76. The van der Waals surface area contributed by atoms with Crippen molar-refractivity contribution in [1.29, 1.82) is 0 Å². The van der Waals surface area contributed by atoms with Crippen molar-refractivity contribution in [2.75, 3.05) is 40.3 Å². The monoisotopic (exact) mass is 516 g/mol. The van der Waals surface area contributed by atoms with E-state index in [4.69, 9.17) is 0 Å². The number of hydrogen-bond acceptors (Lipinski definition) is 3. The Labute approximate surface area is 229 Å². The predicted molar refractivity (Wildman–Crippen MR) is 163 cm³/mol. The molecular formula is C33H45FN4. The van der Waals surface area contributed by atoms with Crippen LogP contribution >= 0.6 is 0 Å². The van der Waals surface area contributed by atoms with Crippen molar-refractivity contribution in [3.63, 3.8) is 0 Å². The Bertz CT molecular complexity index is 1230. The quantitative estimate of drug-likeness (QED) is 0.473. The maximum Gasteiger partial charge on any atom is 0.123 e. The summed E-state index contributed by atoms with van der Waals surface area (Å²) in [4.78, 5) is 4.86. The highest BCUT2D eigenvalue weighted by Crippen LogP contribution is 2.14. The molecule has 0 atom stereocenters. The van der Waals surface area contributed by atoms with Crippen LogP contribution in [0.4, 0.5) is 4.39 Å². The molecule has 0 aliphatic carbocycles. The molecule has 1 aliphatic heterocycles. The van der Waals surface area contributed by atoms with Crippen LogP contribution in [0.15, 0.2) is 79.1 Å². The smallest absolute Gasteiger partial charge is 0.123 e. The van der Waals surface area contributed by atoms with Crippen LogP contribution in [0.3, 0.4) is 0 Å². The molecule has 1 saturated heterocycles. The van der Waals surface area contributed by atoms with Gasteiger partial charge in [-0.15, -0.1) is 0 Å². The lowest BCUT2D eigenvalue weighted by molar-refractivity contribution is 0.157. The second kappa shape index (κ2) is 16.4. The third kappa shape index (κ3) is 9.16. The normalized spacial score (nSPS) is 14.3. The van der Waals surface area contributed by atoms with Crippen LogP contribution in [0.1, 0.15) is 37.5 Å². The van der Waals surface area contributed by atoms with Gasteiger partial charge in [-0.2, -0.15) is 0 Å². The topological polar surface area (TPSA) is 23.4 Å². The van der Waals surface area contributed by atoms with Crippen molar-refractivity contribution in [3.8, 4) is 0 Å². The number of hydrogen-bond donors (Lipinski definition) is 1. The molecule has 4 rings (SSSR count). The molecule has 1 aromatic heterocycles. The third-order valence-electron chi connectivity index (χ3n) is 6.34. The fraction of sp³-hybridized carbons (Fsp3) is 0.333. The Morgan fingerprint density at radius 1 is 0.895 bits per heavy atom. The van der Waals surface area contributed by atoms with Gasteiger partial charge in [0.15, 0.2) is 0 Å². The largest absolute Gasteiger partial charge is 0.369 e. The second-order valence-corrected chi connectivity index (χ2v) is 9.04. The van der Waals surface area contributed by atoms with Crippen LogP contribution in [0.25, 0.3) is 18.7 Å². The maximum absolute atomic E-state index is 13.2. The SMILES string of the molecule is C=Cc1ccc(Cn2cc/c(=C/C(=C\C)N3CCN(Cc4ccc(F)cc4)CC3)c2=C)cc1.CC.CNC. The van der Waals surface area contributed by atoms with Crippen LogP contribution in [-0.2, 0) is 13.1 Å². The average Bonchev–Trinajstić information content (AvgIpc) is 3.29. The molecule has 38 heavy (non-hydrogen) atoms. The van der Waals surface area contributed by atoms with E-state index < -0.39 is 0 Å². The number of piperazine rings is 1. The molecule has 0 unspecified atom stereocenters. The first-order valence-electron chi connectivity index (χ1n) is 13.5. The number of nitrogens with zero attached hydrogens (tertiary/aromatic N) is 3. The first-order chi connectivity index (χ1) is 18.5. The molecule has 3 aromatic rings. The van der Waals surface area contributed by atoms with Crippen molar-refractivity contribution in [2.24, 2.45) is 0 Å². The Kier molecular flexibility index (Phi) is 13.3. The fourth-order valence-corrected chi connectivity index (χ4v) is 4.29. The van der Waals surface area contributed by atoms with Gasteiger partial charge in [-0.25, -0.2) is 4.39 Å². The second-order valence-electron chi connectivity index (χ2n) is 9.04. The van der Waals surface area contributed by atoms with E-state index in [9.17, 15) is 4.39 Å². The molecule has 0 spiro atoms. The van der Waals surface area contributed by atoms with E-state index >= 15 is 0 Å². The van der Waals surface area contributed by atoms with E-state index in [1.165, 1.54) is 23.4 Å². The highest BCUT2D eigenvalue weighted by Gasteiger charge is 2.17. The van der Waals surface area contributed by atoms with Crippen molar-refractivity contribution < 1.29 is 4.39 Å². The van der Waals surface area contributed by atoms with E-state index in [1.807, 2.05) is 46.2 Å². The molecule has 0 amide bonds. The van der Waals surface area contributed by atoms with Crippen molar-refractivity contribution in [3.05, 3.63) is 112 Å². The van der Waals surface area contributed by atoms with E-state index in [0.29, 0.717) is 0 Å². The summed E-state index contributed by atoms with van der Waals surface area (Å²) in [7, 11) is 3.75. The Balaban J connectivity index is 0.000000947. The number of allylic oxidation sites excluding steroid dienone is 2. The van der Waals surface area contributed by atoms with Crippen molar-refractivity contribution in [1.82, 2.24) is 19.7 Å². The summed E-state index contributed by atoms with van der Waals surface area (Å²) >= 11 is 0.